The molecule has 1 heterocycles. The molecule has 0 atom stereocenters. The minimum Gasteiger partial charge on any atom is -0.212 e. The molecule has 1 aliphatic heterocycles. The van der Waals surface area contributed by atoms with Gasteiger partial charge in [-0.2, -0.15) is 0 Å². The molecule has 0 saturated carbocycles. The van der Waals surface area contributed by atoms with E-state index in [0.717, 1.165) is 24.0 Å². The Morgan fingerprint density at radius 1 is 1.30 bits per heavy atom. The average molecular weight is 295 g/mol. The smallest absolute Gasteiger partial charge is 0.212 e. The second-order valence-electron chi connectivity index (χ2n) is 5.52. The van der Waals surface area contributed by atoms with Crippen molar-refractivity contribution in [2.24, 2.45) is 0 Å². The molecule has 0 amide bonds. The lowest BCUT2D eigenvalue weighted by molar-refractivity contribution is 0.274. The highest BCUT2D eigenvalue weighted by atomic mass is 32.2. The first-order valence-corrected chi connectivity index (χ1v) is 8.55. The molecule has 1 aromatic carbocycles. The first kappa shape index (κ1) is 13.8. The predicted molar refractivity (Wildman–Crippen MR) is 77.4 cm³/mol. The third-order valence-corrected chi connectivity index (χ3v) is 6.39. The summed E-state index contributed by atoms with van der Waals surface area (Å²) in [5, 5.41) is 0. The summed E-state index contributed by atoms with van der Waals surface area (Å²) >= 11 is 0. The molecular formula is C15H18FNO2S. The molecule has 1 fully saturated rings. The van der Waals surface area contributed by atoms with Crippen molar-refractivity contribution in [2.75, 3.05) is 18.8 Å². The van der Waals surface area contributed by atoms with Crippen LogP contribution >= 0.6 is 0 Å². The lowest BCUT2D eigenvalue weighted by Gasteiger charge is -2.38. The van der Waals surface area contributed by atoms with Gasteiger partial charge in [-0.25, -0.2) is 17.1 Å². The zero-order chi connectivity index (χ0) is 14.4. The Labute approximate surface area is 119 Å². The van der Waals surface area contributed by atoms with E-state index in [-0.39, 0.29) is 17.0 Å². The van der Waals surface area contributed by atoms with Gasteiger partial charge < -0.3 is 0 Å². The maximum absolute atomic E-state index is 13.5. The number of fused-ring (bicyclic) bond motifs is 2. The van der Waals surface area contributed by atoms with Gasteiger partial charge in [0.1, 0.15) is 5.82 Å². The molecule has 2 aliphatic rings. The van der Waals surface area contributed by atoms with Crippen LogP contribution in [-0.4, -0.2) is 31.6 Å². The van der Waals surface area contributed by atoms with Crippen molar-refractivity contribution >= 4 is 16.1 Å². The molecule has 0 N–H and O–H groups in total. The monoisotopic (exact) mass is 295 g/mol. The minimum absolute atomic E-state index is 0.140. The van der Waals surface area contributed by atoms with Crippen molar-refractivity contribution in [3.8, 4) is 0 Å². The largest absolute Gasteiger partial charge is 0.213 e. The van der Waals surface area contributed by atoms with Crippen LogP contribution in [-0.2, 0) is 15.4 Å². The molecule has 1 aromatic rings. The molecule has 108 valence electrons. The van der Waals surface area contributed by atoms with Crippen molar-refractivity contribution in [1.82, 2.24) is 4.31 Å². The van der Waals surface area contributed by atoms with Crippen molar-refractivity contribution < 1.29 is 12.8 Å². The molecule has 0 bridgehead atoms. The van der Waals surface area contributed by atoms with Gasteiger partial charge in [-0.15, -0.1) is 0 Å². The first-order chi connectivity index (χ1) is 9.47. The number of benzene rings is 1. The summed E-state index contributed by atoms with van der Waals surface area (Å²) in [4.78, 5) is 0. The molecule has 20 heavy (non-hydrogen) atoms. The van der Waals surface area contributed by atoms with Crippen LogP contribution in [0, 0.1) is 5.82 Å². The summed E-state index contributed by atoms with van der Waals surface area (Å²) < 4.78 is 38.9. The van der Waals surface area contributed by atoms with Gasteiger partial charge in [0.25, 0.3) is 0 Å². The molecule has 0 aromatic heterocycles. The van der Waals surface area contributed by atoms with E-state index in [1.807, 2.05) is 6.08 Å². The number of hydrogen-bond donors (Lipinski definition) is 0. The Balaban J connectivity index is 1.87. The van der Waals surface area contributed by atoms with Crippen LogP contribution in [0.15, 0.2) is 24.3 Å². The maximum atomic E-state index is 13.5. The van der Waals surface area contributed by atoms with E-state index in [0.29, 0.717) is 13.1 Å². The third-order valence-electron chi connectivity index (χ3n) is 4.51. The second-order valence-corrected chi connectivity index (χ2v) is 7.78. The molecule has 3 nitrogen and oxygen atoms in total. The van der Waals surface area contributed by atoms with Crippen LogP contribution in [0.1, 0.15) is 30.9 Å². The van der Waals surface area contributed by atoms with Crippen LogP contribution in [0.4, 0.5) is 4.39 Å². The topological polar surface area (TPSA) is 37.4 Å². The highest BCUT2D eigenvalue weighted by molar-refractivity contribution is 7.89. The summed E-state index contributed by atoms with van der Waals surface area (Å²) in [5.74, 6) is -0.0865. The fourth-order valence-electron chi connectivity index (χ4n) is 3.23. The van der Waals surface area contributed by atoms with Crippen molar-refractivity contribution in [1.29, 1.82) is 0 Å². The third kappa shape index (κ3) is 2.09. The van der Waals surface area contributed by atoms with Crippen LogP contribution in [0.2, 0.25) is 0 Å². The van der Waals surface area contributed by atoms with Crippen LogP contribution in [0.5, 0.6) is 0 Å². The normalized spacial score (nSPS) is 21.3. The zero-order valence-electron chi connectivity index (χ0n) is 11.5. The van der Waals surface area contributed by atoms with E-state index >= 15 is 0 Å². The SMILES string of the molecule is CCS(=O)(=O)N1CCC2(C=Cc3ccc(F)cc32)CC1. The van der Waals surface area contributed by atoms with Crippen molar-refractivity contribution in [3.63, 3.8) is 0 Å². The lowest BCUT2D eigenvalue weighted by atomic mass is 9.75. The highest BCUT2D eigenvalue weighted by Gasteiger charge is 2.40. The summed E-state index contributed by atoms with van der Waals surface area (Å²) in [6, 6.07) is 4.86. The molecule has 3 rings (SSSR count). The van der Waals surface area contributed by atoms with Gasteiger partial charge in [-0.1, -0.05) is 18.2 Å². The molecule has 5 heteroatoms. The minimum atomic E-state index is -3.12. The van der Waals surface area contributed by atoms with E-state index in [1.165, 1.54) is 6.07 Å². The fraction of sp³-hybridized carbons (Fsp3) is 0.467. The van der Waals surface area contributed by atoms with Gasteiger partial charge in [0, 0.05) is 18.5 Å². The van der Waals surface area contributed by atoms with Gasteiger partial charge in [0.05, 0.1) is 5.75 Å². The Morgan fingerprint density at radius 3 is 2.65 bits per heavy atom. The Morgan fingerprint density at radius 2 is 2.00 bits per heavy atom. The van der Waals surface area contributed by atoms with Gasteiger partial charge in [-0.05, 0) is 43.0 Å². The average Bonchev–Trinajstić information content (AvgIpc) is 2.78. The summed E-state index contributed by atoms with van der Waals surface area (Å²) in [6.07, 6.45) is 5.59. The standard InChI is InChI=1S/C15H18FNO2S/c1-2-20(18,19)17-9-7-15(8-10-17)6-5-12-3-4-13(16)11-14(12)15/h3-6,11H,2,7-10H2,1H3. The summed E-state index contributed by atoms with van der Waals surface area (Å²) in [7, 11) is -3.12. The van der Waals surface area contributed by atoms with Gasteiger partial charge in [0.15, 0.2) is 0 Å². The number of allylic oxidation sites excluding steroid dienone is 1. The van der Waals surface area contributed by atoms with Crippen LogP contribution in [0.25, 0.3) is 6.08 Å². The van der Waals surface area contributed by atoms with E-state index in [2.05, 4.69) is 6.08 Å². The highest BCUT2D eigenvalue weighted by Crippen LogP contribution is 2.44. The number of hydrogen-bond acceptors (Lipinski definition) is 2. The van der Waals surface area contributed by atoms with Crippen LogP contribution < -0.4 is 0 Å². The lowest BCUT2D eigenvalue weighted by Crippen LogP contribution is -2.44. The molecule has 1 saturated heterocycles. The summed E-state index contributed by atoms with van der Waals surface area (Å²) in [6.45, 7) is 2.69. The number of halogens is 1. The molecule has 0 unspecified atom stereocenters. The number of rotatable bonds is 2. The Bertz CT molecular complexity index is 658. The number of nitrogens with zero attached hydrogens (tertiary/aromatic N) is 1. The van der Waals surface area contributed by atoms with Crippen molar-refractivity contribution in [2.45, 2.75) is 25.2 Å². The van der Waals surface area contributed by atoms with Crippen LogP contribution in [0.3, 0.4) is 0 Å². The maximum Gasteiger partial charge on any atom is 0.213 e. The number of piperidine rings is 1. The summed E-state index contributed by atoms with van der Waals surface area (Å²) in [5.41, 5.74) is 1.88. The van der Waals surface area contributed by atoms with E-state index < -0.39 is 10.0 Å². The second kappa shape index (κ2) is 4.67. The van der Waals surface area contributed by atoms with Gasteiger partial charge >= 0.3 is 0 Å². The molecule has 1 aliphatic carbocycles. The zero-order valence-corrected chi connectivity index (χ0v) is 12.3. The van der Waals surface area contributed by atoms with Gasteiger partial charge in [-0.3, -0.25) is 0 Å². The van der Waals surface area contributed by atoms with Crippen molar-refractivity contribution in [3.05, 3.63) is 41.2 Å². The Hall–Kier alpha value is -1.20. The molecular weight excluding hydrogens is 277 g/mol. The van der Waals surface area contributed by atoms with Gasteiger partial charge in [0.2, 0.25) is 10.0 Å². The van der Waals surface area contributed by atoms with E-state index in [9.17, 15) is 12.8 Å². The first-order valence-electron chi connectivity index (χ1n) is 6.94. The number of sulfonamides is 1. The predicted octanol–water partition coefficient (Wildman–Crippen LogP) is 2.54. The fourth-order valence-corrected chi connectivity index (χ4v) is 4.33. The molecule has 0 radical (unpaired) electrons. The van der Waals surface area contributed by atoms with E-state index in [1.54, 1.807) is 23.4 Å². The Kier molecular flexibility index (Phi) is 3.21. The van der Waals surface area contributed by atoms with E-state index in [4.69, 9.17) is 0 Å². The molecule has 1 spiro atoms. The quantitative estimate of drug-likeness (QED) is 0.841.